The van der Waals surface area contributed by atoms with Gasteiger partial charge in [-0.1, -0.05) is 6.07 Å². The van der Waals surface area contributed by atoms with Crippen molar-refractivity contribution in [1.29, 1.82) is 0 Å². The van der Waals surface area contributed by atoms with E-state index in [-0.39, 0.29) is 0 Å². The number of ether oxygens (including phenoxy) is 1. The number of benzene rings is 1. The van der Waals surface area contributed by atoms with Crippen LogP contribution in [0.3, 0.4) is 0 Å². The zero-order valence-corrected chi connectivity index (χ0v) is 14.6. The molecule has 0 bridgehead atoms. The highest BCUT2D eigenvalue weighted by Crippen LogP contribution is 2.29. The van der Waals surface area contributed by atoms with Crippen molar-refractivity contribution in [2.45, 2.75) is 13.0 Å². The summed E-state index contributed by atoms with van der Waals surface area (Å²) in [5.74, 6) is -0.0708. The molecule has 1 aromatic carbocycles. The topological polar surface area (TPSA) is 65.9 Å². The molecule has 0 amide bonds. The van der Waals surface area contributed by atoms with E-state index in [4.69, 9.17) is 4.74 Å². The predicted molar refractivity (Wildman–Crippen MR) is 96.1 cm³/mol. The lowest BCUT2D eigenvalue weighted by Crippen LogP contribution is -2.49. The summed E-state index contributed by atoms with van der Waals surface area (Å²) in [6.45, 7) is 4.92. The van der Waals surface area contributed by atoms with E-state index in [0.29, 0.717) is 13.1 Å². The fourth-order valence-corrected chi connectivity index (χ4v) is 3.36. The molecule has 1 fully saturated rings. The van der Waals surface area contributed by atoms with E-state index in [9.17, 15) is 9.90 Å². The first-order chi connectivity index (χ1) is 12.1. The van der Waals surface area contributed by atoms with Crippen molar-refractivity contribution in [2.24, 2.45) is 0 Å². The van der Waals surface area contributed by atoms with Gasteiger partial charge in [-0.05, 0) is 42.3 Å². The summed E-state index contributed by atoms with van der Waals surface area (Å²) in [6.07, 6.45) is 3.56. The number of aryl methyl sites for hydroxylation is 1. The third-order valence-corrected chi connectivity index (χ3v) is 4.71. The summed E-state index contributed by atoms with van der Waals surface area (Å²) in [5.41, 5.74) is 2.89. The number of pyridine rings is 1. The summed E-state index contributed by atoms with van der Waals surface area (Å²) >= 11 is 0. The van der Waals surface area contributed by atoms with Crippen molar-refractivity contribution in [3.8, 4) is 5.75 Å². The Labute approximate surface area is 147 Å². The standard InChI is InChI=1S/C19H23N3O3/c1-14-13-16(25-2)3-4-17(14)18(19(23)24)22-11-9-21(10-12-22)15-5-7-20-8-6-15/h3-8,13,18H,9-12H2,1-2H3,(H,23,24). The van der Waals surface area contributed by atoms with Gasteiger partial charge in [-0.15, -0.1) is 0 Å². The molecule has 6 nitrogen and oxygen atoms in total. The largest absolute Gasteiger partial charge is 0.497 e. The number of anilines is 1. The first-order valence-electron chi connectivity index (χ1n) is 8.36. The zero-order chi connectivity index (χ0) is 17.8. The molecular formula is C19H23N3O3. The molecule has 0 spiro atoms. The predicted octanol–water partition coefficient (Wildman–Crippen LogP) is 2.35. The second-order valence-electron chi connectivity index (χ2n) is 6.19. The summed E-state index contributed by atoms with van der Waals surface area (Å²) in [7, 11) is 1.61. The van der Waals surface area contributed by atoms with Gasteiger partial charge < -0.3 is 14.7 Å². The second-order valence-corrected chi connectivity index (χ2v) is 6.19. The van der Waals surface area contributed by atoms with E-state index >= 15 is 0 Å². The monoisotopic (exact) mass is 341 g/mol. The normalized spacial score (nSPS) is 16.5. The molecule has 6 heteroatoms. The number of hydrogen-bond donors (Lipinski definition) is 1. The highest BCUT2D eigenvalue weighted by molar-refractivity contribution is 5.76. The van der Waals surface area contributed by atoms with Crippen LogP contribution in [-0.2, 0) is 4.79 Å². The number of carboxylic acid groups (broad SMARTS) is 1. The molecule has 0 saturated carbocycles. The van der Waals surface area contributed by atoms with Gasteiger partial charge in [0.1, 0.15) is 11.8 Å². The van der Waals surface area contributed by atoms with Crippen molar-refractivity contribution in [2.75, 3.05) is 38.2 Å². The highest BCUT2D eigenvalue weighted by atomic mass is 16.5. The number of carbonyl (C=O) groups is 1. The van der Waals surface area contributed by atoms with Crippen LogP contribution < -0.4 is 9.64 Å². The van der Waals surface area contributed by atoms with Crippen molar-refractivity contribution in [3.63, 3.8) is 0 Å². The van der Waals surface area contributed by atoms with Gasteiger partial charge in [0.25, 0.3) is 0 Å². The lowest BCUT2D eigenvalue weighted by Gasteiger charge is -2.39. The molecule has 132 valence electrons. The minimum atomic E-state index is -0.814. The molecule has 3 rings (SSSR count). The molecule has 1 unspecified atom stereocenters. The molecule has 0 radical (unpaired) electrons. The number of piperazine rings is 1. The van der Waals surface area contributed by atoms with E-state index < -0.39 is 12.0 Å². The number of hydrogen-bond acceptors (Lipinski definition) is 5. The van der Waals surface area contributed by atoms with Gasteiger partial charge in [0.05, 0.1) is 7.11 Å². The molecule has 2 aromatic rings. The van der Waals surface area contributed by atoms with Crippen LogP contribution in [0, 0.1) is 6.92 Å². The Morgan fingerprint density at radius 1 is 1.16 bits per heavy atom. The van der Waals surface area contributed by atoms with E-state index in [0.717, 1.165) is 35.7 Å². The molecular weight excluding hydrogens is 318 g/mol. The van der Waals surface area contributed by atoms with Crippen LogP contribution in [-0.4, -0.2) is 54.2 Å². The number of aromatic nitrogens is 1. The average Bonchev–Trinajstić information content (AvgIpc) is 2.64. The SMILES string of the molecule is COc1ccc(C(C(=O)O)N2CCN(c3ccncc3)CC2)c(C)c1. The Morgan fingerprint density at radius 3 is 2.40 bits per heavy atom. The smallest absolute Gasteiger partial charge is 0.325 e. The van der Waals surface area contributed by atoms with Gasteiger partial charge in [0.2, 0.25) is 0 Å². The number of carboxylic acids is 1. The number of rotatable bonds is 5. The minimum Gasteiger partial charge on any atom is -0.497 e. The fraction of sp³-hybridized carbons (Fsp3) is 0.368. The van der Waals surface area contributed by atoms with Gasteiger partial charge in [0, 0.05) is 44.3 Å². The van der Waals surface area contributed by atoms with Gasteiger partial charge in [-0.25, -0.2) is 0 Å². The first-order valence-corrected chi connectivity index (χ1v) is 8.36. The first kappa shape index (κ1) is 17.2. The summed E-state index contributed by atoms with van der Waals surface area (Å²) in [5, 5.41) is 9.82. The van der Waals surface area contributed by atoms with Gasteiger partial charge in [0.15, 0.2) is 0 Å². The molecule has 1 N–H and O–H groups in total. The molecule has 2 heterocycles. The maximum absolute atomic E-state index is 12.0. The molecule has 1 aliphatic rings. The number of nitrogens with zero attached hydrogens (tertiary/aromatic N) is 3. The highest BCUT2D eigenvalue weighted by Gasteiger charge is 2.31. The fourth-order valence-electron chi connectivity index (χ4n) is 3.36. The molecule has 1 atom stereocenters. The Morgan fingerprint density at radius 2 is 1.84 bits per heavy atom. The maximum Gasteiger partial charge on any atom is 0.325 e. The van der Waals surface area contributed by atoms with Crippen molar-refractivity contribution in [3.05, 3.63) is 53.9 Å². The van der Waals surface area contributed by atoms with Gasteiger partial charge in [-0.2, -0.15) is 0 Å². The molecule has 1 aliphatic heterocycles. The summed E-state index contributed by atoms with van der Waals surface area (Å²) < 4.78 is 5.23. The Balaban J connectivity index is 1.76. The lowest BCUT2D eigenvalue weighted by molar-refractivity contribution is -0.143. The minimum absolute atomic E-state index is 0.634. The van der Waals surface area contributed by atoms with Crippen LogP contribution in [0.15, 0.2) is 42.7 Å². The van der Waals surface area contributed by atoms with Crippen LogP contribution in [0.1, 0.15) is 17.2 Å². The molecule has 1 saturated heterocycles. The Kier molecular flexibility index (Phi) is 5.19. The van der Waals surface area contributed by atoms with Crippen LogP contribution in [0.25, 0.3) is 0 Å². The van der Waals surface area contributed by atoms with Crippen molar-refractivity contribution < 1.29 is 14.6 Å². The Bertz CT molecular complexity index is 728. The number of aliphatic carboxylic acids is 1. The summed E-state index contributed by atoms with van der Waals surface area (Å²) in [4.78, 5) is 20.3. The van der Waals surface area contributed by atoms with E-state index in [2.05, 4.69) is 9.88 Å². The van der Waals surface area contributed by atoms with Crippen LogP contribution >= 0.6 is 0 Å². The van der Waals surface area contributed by atoms with Crippen molar-refractivity contribution in [1.82, 2.24) is 9.88 Å². The van der Waals surface area contributed by atoms with Crippen LogP contribution in [0.4, 0.5) is 5.69 Å². The van der Waals surface area contributed by atoms with E-state index in [1.54, 1.807) is 19.5 Å². The second kappa shape index (κ2) is 7.53. The molecule has 0 aliphatic carbocycles. The third kappa shape index (κ3) is 3.74. The van der Waals surface area contributed by atoms with Crippen LogP contribution in [0.2, 0.25) is 0 Å². The van der Waals surface area contributed by atoms with Gasteiger partial charge in [-0.3, -0.25) is 14.7 Å². The number of methoxy groups -OCH3 is 1. The van der Waals surface area contributed by atoms with Crippen LogP contribution in [0.5, 0.6) is 5.75 Å². The maximum atomic E-state index is 12.0. The van der Waals surface area contributed by atoms with Gasteiger partial charge >= 0.3 is 5.97 Å². The van der Waals surface area contributed by atoms with E-state index in [1.807, 2.05) is 42.2 Å². The third-order valence-electron chi connectivity index (χ3n) is 4.71. The molecule has 25 heavy (non-hydrogen) atoms. The molecule has 1 aromatic heterocycles. The Hall–Kier alpha value is -2.60. The quantitative estimate of drug-likeness (QED) is 0.900. The zero-order valence-electron chi connectivity index (χ0n) is 14.6. The lowest BCUT2D eigenvalue weighted by atomic mass is 9.99. The van der Waals surface area contributed by atoms with E-state index in [1.165, 1.54) is 0 Å². The summed E-state index contributed by atoms with van der Waals surface area (Å²) in [6, 6.07) is 8.91. The van der Waals surface area contributed by atoms with Crippen molar-refractivity contribution >= 4 is 11.7 Å². The average molecular weight is 341 g/mol.